The lowest BCUT2D eigenvalue weighted by atomic mass is 10.3. The largest absolute Gasteiger partial charge is 0.393 e. The SMILES string of the molecule is Cc1c(Cl)nc2ncnn2c1NCCC(C)O. The number of fused-ring (bicyclic) bond motifs is 1. The van der Waals surface area contributed by atoms with Gasteiger partial charge in [0, 0.05) is 12.1 Å². The molecule has 2 heterocycles. The third kappa shape index (κ3) is 2.48. The first-order valence-electron chi connectivity index (χ1n) is 5.37. The lowest BCUT2D eigenvalue weighted by molar-refractivity contribution is 0.188. The Bertz CT molecular complexity index is 525. The molecule has 1 atom stereocenters. The maximum Gasteiger partial charge on any atom is 0.255 e. The highest BCUT2D eigenvalue weighted by molar-refractivity contribution is 6.30. The van der Waals surface area contributed by atoms with Crippen LogP contribution in [0.3, 0.4) is 0 Å². The average molecular weight is 256 g/mol. The first-order chi connectivity index (χ1) is 8.09. The normalized spacial score (nSPS) is 12.9. The number of hydrogen-bond acceptors (Lipinski definition) is 5. The van der Waals surface area contributed by atoms with Gasteiger partial charge in [0.1, 0.15) is 17.3 Å². The first-order valence-corrected chi connectivity index (χ1v) is 5.75. The molecule has 6 nitrogen and oxygen atoms in total. The summed E-state index contributed by atoms with van der Waals surface area (Å²) >= 11 is 6.01. The molecule has 2 aromatic rings. The predicted octanol–water partition coefficient (Wildman–Crippen LogP) is 1.27. The van der Waals surface area contributed by atoms with Gasteiger partial charge in [0.15, 0.2) is 0 Å². The van der Waals surface area contributed by atoms with Gasteiger partial charge in [0.05, 0.1) is 6.10 Å². The van der Waals surface area contributed by atoms with Gasteiger partial charge in [-0.3, -0.25) is 0 Å². The quantitative estimate of drug-likeness (QED) is 0.805. The highest BCUT2D eigenvalue weighted by Gasteiger charge is 2.11. The number of halogens is 1. The van der Waals surface area contributed by atoms with Gasteiger partial charge >= 0.3 is 0 Å². The lowest BCUT2D eigenvalue weighted by Gasteiger charge is -2.12. The fraction of sp³-hybridized carbons (Fsp3) is 0.500. The minimum atomic E-state index is -0.341. The second-order valence-corrected chi connectivity index (χ2v) is 4.27. The molecule has 0 amide bonds. The van der Waals surface area contributed by atoms with E-state index in [-0.39, 0.29) is 6.10 Å². The summed E-state index contributed by atoms with van der Waals surface area (Å²) in [6.45, 7) is 4.24. The Morgan fingerprint density at radius 3 is 3.06 bits per heavy atom. The second kappa shape index (κ2) is 4.85. The third-order valence-electron chi connectivity index (χ3n) is 2.46. The lowest BCUT2D eigenvalue weighted by Crippen LogP contribution is -2.14. The van der Waals surface area contributed by atoms with Crippen LogP contribution in [0.1, 0.15) is 18.9 Å². The maximum atomic E-state index is 9.21. The summed E-state index contributed by atoms with van der Waals surface area (Å²) in [5, 5.41) is 16.9. The van der Waals surface area contributed by atoms with E-state index in [4.69, 9.17) is 11.6 Å². The van der Waals surface area contributed by atoms with E-state index in [1.807, 2.05) is 6.92 Å². The predicted molar refractivity (Wildman–Crippen MR) is 65.3 cm³/mol. The van der Waals surface area contributed by atoms with E-state index in [2.05, 4.69) is 20.4 Å². The molecule has 0 aliphatic carbocycles. The van der Waals surface area contributed by atoms with E-state index in [1.54, 1.807) is 11.4 Å². The minimum absolute atomic E-state index is 0.341. The molecule has 2 aromatic heterocycles. The molecule has 92 valence electrons. The van der Waals surface area contributed by atoms with Gasteiger partial charge in [-0.25, -0.2) is 0 Å². The standard InChI is InChI=1S/C10H14ClN5O/c1-6(17)3-4-12-9-7(2)8(11)15-10-13-5-14-16(9)10/h5-6,12,17H,3-4H2,1-2H3. The molecule has 0 aromatic carbocycles. The summed E-state index contributed by atoms with van der Waals surface area (Å²) < 4.78 is 1.60. The molecule has 0 saturated heterocycles. The van der Waals surface area contributed by atoms with Crippen LogP contribution in [-0.4, -0.2) is 37.3 Å². The van der Waals surface area contributed by atoms with Crippen LogP contribution < -0.4 is 5.32 Å². The van der Waals surface area contributed by atoms with Crippen molar-refractivity contribution in [2.75, 3.05) is 11.9 Å². The van der Waals surface area contributed by atoms with Gasteiger partial charge in [-0.05, 0) is 20.3 Å². The number of aromatic nitrogens is 4. The van der Waals surface area contributed by atoms with E-state index >= 15 is 0 Å². The molecule has 0 saturated carbocycles. The number of rotatable bonds is 4. The molecule has 0 aliphatic heterocycles. The molecular formula is C10H14ClN5O. The molecule has 7 heteroatoms. The summed E-state index contributed by atoms with van der Waals surface area (Å²) in [6, 6.07) is 0. The van der Waals surface area contributed by atoms with Crippen molar-refractivity contribution in [3.63, 3.8) is 0 Å². The van der Waals surface area contributed by atoms with Crippen molar-refractivity contribution in [1.29, 1.82) is 0 Å². The monoisotopic (exact) mass is 255 g/mol. The zero-order valence-corrected chi connectivity index (χ0v) is 10.4. The Balaban J connectivity index is 2.30. The molecule has 17 heavy (non-hydrogen) atoms. The first kappa shape index (κ1) is 12.1. The van der Waals surface area contributed by atoms with Crippen molar-refractivity contribution in [2.45, 2.75) is 26.4 Å². The van der Waals surface area contributed by atoms with Gasteiger partial charge in [-0.1, -0.05) is 11.6 Å². The fourth-order valence-electron chi connectivity index (χ4n) is 1.50. The third-order valence-corrected chi connectivity index (χ3v) is 2.83. The van der Waals surface area contributed by atoms with E-state index in [1.165, 1.54) is 6.33 Å². The van der Waals surface area contributed by atoms with Crippen LogP contribution in [0.25, 0.3) is 5.78 Å². The topological polar surface area (TPSA) is 75.3 Å². The Labute approximate surface area is 104 Å². The number of nitrogens with one attached hydrogen (secondary N) is 1. The van der Waals surface area contributed by atoms with Crippen LogP contribution in [0.2, 0.25) is 5.15 Å². The van der Waals surface area contributed by atoms with Crippen LogP contribution in [0.15, 0.2) is 6.33 Å². The molecule has 0 spiro atoms. The van der Waals surface area contributed by atoms with Crippen molar-refractivity contribution in [1.82, 2.24) is 19.6 Å². The summed E-state index contributed by atoms with van der Waals surface area (Å²) in [5.41, 5.74) is 0.815. The van der Waals surface area contributed by atoms with Crippen molar-refractivity contribution in [3.05, 3.63) is 17.0 Å². The summed E-state index contributed by atoms with van der Waals surface area (Å²) in [5.74, 6) is 1.22. The van der Waals surface area contributed by atoms with Gasteiger partial charge in [-0.15, -0.1) is 0 Å². The Kier molecular flexibility index (Phi) is 3.44. The van der Waals surface area contributed by atoms with Gasteiger partial charge in [-0.2, -0.15) is 19.6 Å². The molecular weight excluding hydrogens is 242 g/mol. The van der Waals surface area contributed by atoms with Gasteiger partial charge in [0.2, 0.25) is 0 Å². The van der Waals surface area contributed by atoms with Gasteiger partial charge < -0.3 is 10.4 Å². The Morgan fingerprint density at radius 2 is 2.35 bits per heavy atom. The number of aliphatic hydroxyl groups excluding tert-OH is 1. The smallest absolute Gasteiger partial charge is 0.255 e. The van der Waals surface area contributed by atoms with Crippen molar-refractivity contribution >= 4 is 23.2 Å². The highest BCUT2D eigenvalue weighted by atomic mass is 35.5. The zero-order chi connectivity index (χ0) is 12.4. The van der Waals surface area contributed by atoms with E-state index in [9.17, 15) is 5.11 Å². The molecule has 0 aliphatic rings. The summed E-state index contributed by atoms with van der Waals surface area (Å²) in [4.78, 5) is 8.10. The van der Waals surface area contributed by atoms with Crippen LogP contribution in [-0.2, 0) is 0 Å². The van der Waals surface area contributed by atoms with Crippen LogP contribution >= 0.6 is 11.6 Å². The van der Waals surface area contributed by atoms with Crippen molar-refractivity contribution in [2.24, 2.45) is 0 Å². The zero-order valence-electron chi connectivity index (χ0n) is 9.68. The average Bonchev–Trinajstić information content (AvgIpc) is 2.70. The number of nitrogens with zero attached hydrogens (tertiary/aromatic N) is 4. The van der Waals surface area contributed by atoms with Crippen LogP contribution in [0, 0.1) is 6.92 Å². The fourth-order valence-corrected chi connectivity index (χ4v) is 1.67. The molecule has 2 rings (SSSR count). The second-order valence-electron chi connectivity index (χ2n) is 3.91. The minimum Gasteiger partial charge on any atom is -0.393 e. The van der Waals surface area contributed by atoms with E-state index < -0.39 is 0 Å². The molecule has 0 bridgehead atoms. The van der Waals surface area contributed by atoms with Crippen LogP contribution in [0.4, 0.5) is 5.82 Å². The summed E-state index contributed by atoms with van der Waals surface area (Å²) in [6.07, 6.45) is 1.74. The molecule has 0 radical (unpaired) electrons. The summed E-state index contributed by atoms with van der Waals surface area (Å²) in [7, 11) is 0. The Hall–Kier alpha value is -1.40. The van der Waals surface area contributed by atoms with E-state index in [0.29, 0.717) is 23.9 Å². The number of aliphatic hydroxyl groups is 1. The van der Waals surface area contributed by atoms with Crippen molar-refractivity contribution in [3.8, 4) is 0 Å². The van der Waals surface area contributed by atoms with Gasteiger partial charge in [0.25, 0.3) is 5.78 Å². The Morgan fingerprint density at radius 1 is 1.59 bits per heavy atom. The van der Waals surface area contributed by atoms with E-state index in [0.717, 1.165) is 11.4 Å². The number of anilines is 1. The molecule has 2 N–H and O–H groups in total. The molecule has 0 fully saturated rings. The van der Waals surface area contributed by atoms with Crippen molar-refractivity contribution < 1.29 is 5.11 Å². The highest BCUT2D eigenvalue weighted by Crippen LogP contribution is 2.21. The number of hydrogen-bond donors (Lipinski definition) is 2. The van der Waals surface area contributed by atoms with Crippen LogP contribution in [0.5, 0.6) is 0 Å². The maximum absolute atomic E-state index is 9.21. The molecule has 1 unspecified atom stereocenters.